The van der Waals surface area contributed by atoms with E-state index in [1.54, 1.807) is 0 Å². The van der Waals surface area contributed by atoms with Crippen LogP contribution in [0.1, 0.15) is 12.0 Å². The zero-order chi connectivity index (χ0) is 21.5. The third-order valence-corrected chi connectivity index (χ3v) is 4.54. The Bertz CT molecular complexity index is 981. The topological polar surface area (TPSA) is 97.0 Å². The molecule has 7 nitrogen and oxygen atoms in total. The van der Waals surface area contributed by atoms with Crippen molar-refractivity contribution in [3.63, 3.8) is 0 Å². The van der Waals surface area contributed by atoms with Gasteiger partial charge in [0, 0.05) is 13.0 Å². The number of primary amides is 1. The maximum atomic E-state index is 13.2. The number of nitrogens with zero attached hydrogens (tertiary/aromatic N) is 2. The molecule has 0 aromatic heterocycles. The number of hydrogen-bond donors (Lipinski definition) is 2. The summed E-state index contributed by atoms with van der Waals surface area (Å²) in [6.45, 7) is 0.596. The lowest BCUT2D eigenvalue weighted by Crippen LogP contribution is -2.40. The number of terminal acetylenes is 1. The lowest BCUT2D eigenvalue weighted by Gasteiger charge is -2.20. The van der Waals surface area contributed by atoms with Crippen LogP contribution in [0.25, 0.3) is 0 Å². The largest absolute Gasteiger partial charge is 0.481 e. The molecular formula is C22H21FN4O3. The quantitative estimate of drug-likeness (QED) is 0.649. The second-order valence-corrected chi connectivity index (χ2v) is 6.63. The number of rotatable bonds is 8. The van der Waals surface area contributed by atoms with Crippen molar-refractivity contribution < 1.29 is 18.7 Å². The first-order chi connectivity index (χ1) is 14.5. The molecule has 0 aliphatic carbocycles. The molecule has 1 aliphatic heterocycles. The second-order valence-electron chi connectivity index (χ2n) is 6.63. The van der Waals surface area contributed by atoms with Crippen LogP contribution in [0.2, 0.25) is 0 Å². The molecule has 0 fully saturated rings. The van der Waals surface area contributed by atoms with Crippen molar-refractivity contribution in [3.8, 4) is 18.1 Å². The standard InChI is InChI=1S/C22H21FN4O3/c1-2-13-30-18-9-3-15(4-10-18)11-12-25-22(29)19-14-20(21(24)28)27(26-19)17-7-5-16(23)6-8-17/h1,3-10,20H,11-14H2,(H2,24,28)(H,25,29). The van der Waals surface area contributed by atoms with Gasteiger partial charge in [-0.3, -0.25) is 14.6 Å². The van der Waals surface area contributed by atoms with Crippen LogP contribution < -0.4 is 20.8 Å². The predicted octanol–water partition coefficient (Wildman–Crippen LogP) is 1.62. The average Bonchev–Trinajstić information content (AvgIpc) is 3.19. The van der Waals surface area contributed by atoms with Crippen LogP contribution in [-0.4, -0.2) is 36.7 Å². The third kappa shape index (κ3) is 5.14. The molecule has 1 unspecified atom stereocenters. The molecule has 0 bridgehead atoms. The van der Waals surface area contributed by atoms with Crippen molar-refractivity contribution >= 4 is 23.2 Å². The fraction of sp³-hybridized carbons (Fsp3) is 0.227. The van der Waals surface area contributed by atoms with Gasteiger partial charge in [-0.15, -0.1) is 6.42 Å². The van der Waals surface area contributed by atoms with Crippen molar-refractivity contribution in [3.05, 3.63) is 59.9 Å². The summed E-state index contributed by atoms with van der Waals surface area (Å²) >= 11 is 0. The van der Waals surface area contributed by atoms with Gasteiger partial charge in [-0.2, -0.15) is 5.10 Å². The van der Waals surface area contributed by atoms with Gasteiger partial charge in [0.15, 0.2) is 0 Å². The smallest absolute Gasteiger partial charge is 0.267 e. The minimum absolute atomic E-state index is 0.0831. The molecule has 0 saturated heterocycles. The number of ether oxygens (including phenoxy) is 1. The average molecular weight is 408 g/mol. The van der Waals surface area contributed by atoms with Crippen LogP contribution in [-0.2, 0) is 16.0 Å². The van der Waals surface area contributed by atoms with Crippen LogP contribution >= 0.6 is 0 Å². The molecule has 3 rings (SSSR count). The van der Waals surface area contributed by atoms with E-state index in [4.69, 9.17) is 16.9 Å². The number of anilines is 1. The van der Waals surface area contributed by atoms with Gasteiger partial charge in [0.05, 0.1) is 5.69 Å². The van der Waals surface area contributed by atoms with Crippen molar-refractivity contribution in [2.75, 3.05) is 18.2 Å². The molecule has 8 heteroatoms. The highest BCUT2D eigenvalue weighted by Crippen LogP contribution is 2.25. The van der Waals surface area contributed by atoms with Gasteiger partial charge in [0.2, 0.25) is 5.91 Å². The number of carbonyl (C=O) groups excluding carboxylic acids is 2. The van der Waals surface area contributed by atoms with E-state index in [1.165, 1.54) is 29.3 Å². The van der Waals surface area contributed by atoms with Gasteiger partial charge in [0.25, 0.3) is 5.91 Å². The van der Waals surface area contributed by atoms with Crippen LogP contribution in [0.15, 0.2) is 53.6 Å². The molecule has 1 heterocycles. The van der Waals surface area contributed by atoms with Gasteiger partial charge in [-0.1, -0.05) is 18.1 Å². The number of benzene rings is 2. The molecule has 0 spiro atoms. The second kappa shape index (κ2) is 9.56. The fourth-order valence-electron chi connectivity index (χ4n) is 3.00. The van der Waals surface area contributed by atoms with E-state index in [0.29, 0.717) is 24.4 Å². The molecule has 0 radical (unpaired) electrons. The lowest BCUT2D eigenvalue weighted by molar-refractivity contribution is -0.119. The van der Waals surface area contributed by atoms with Crippen molar-refractivity contribution in [2.24, 2.45) is 10.8 Å². The Labute approximate surface area is 173 Å². The van der Waals surface area contributed by atoms with Crippen LogP contribution in [0.4, 0.5) is 10.1 Å². The highest BCUT2D eigenvalue weighted by Gasteiger charge is 2.34. The predicted molar refractivity (Wildman–Crippen MR) is 111 cm³/mol. The van der Waals surface area contributed by atoms with Crippen LogP contribution in [0.5, 0.6) is 5.75 Å². The Balaban J connectivity index is 1.58. The molecule has 30 heavy (non-hydrogen) atoms. The summed E-state index contributed by atoms with van der Waals surface area (Å²) in [6.07, 6.45) is 5.85. The summed E-state index contributed by atoms with van der Waals surface area (Å²) in [5.41, 5.74) is 7.15. The van der Waals surface area contributed by atoms with Crippen molar-refractivity contribution in [1.29, 1.82) is 0 Å². The Morgan fingerprint density at radius 2 is 1.93 bits per heavy atom. The highest BCUT2D eigenvalue weighted by atomic mass is 19.1. The van der Waals surface area contributed by atoms with E-state index >= 15 is 0 Å². The minimum Gasteiger partial charge on any atom is -0.481 e. The van der Waals surface area contributed by atoms with E-state index in [1.807, 2.05) is 24.3 Å². The van der Waals surface area contributed by atoms with E-state index in [2.05, 4.69) is 16.3 Å². The fourth-order valence-corrected chi connectivity index (χ4v) is 3.00. The Hall–Kier alpha value is -3.86. The van der Waals surface area contributed by atoms with Gasteiger partial charge < -0.3 is 15.8 Å². The van der Waals surface area contributed by atoms with E-state index in [0.717, 1.165) is 5.56 Å². The normalized spacial score (nSPS) is 15.3. The zero-order valence-corrected chi connectivity index (χ0v) is 16.2. The number of carbonyl (C=O) groups is 2. The summed E-state index contributed by atoms with van der Waals surface area (Å²) in [4.78, 5) is 24.3. The molecule has 154 valence electrons. The van der Waals surface area contributed by atoms with Gasteiger partial charge in [-0.05, 0) is 48.4 Å². The molecule has 2 aromatic carbocycles. The number of amides is 2. The molecule has 3 N–H and O–H groups in total. The van der Waals surface area contributed by atoms with E-state index < -0.39 is 17.8 Å². The summed E-state index contributed by atoms with van der Waals surface area (Å²) in [7, 11) is 0. The first-order valence-electron chi connectivity index (χ1n) is 9.33. The highest BCUT2D eigenvalue weighted by molar-refractivity contribution is 6.40. The Kier molecular flexibility index (Phi) is 6.65. The van der Waals surface area contributed by atoms with Crippen molar-refractivity contribution in [1.82, 2.24) is 5.32 Å². The van der Waals surface area contributed by atoms with Gasteiger partial charge in [0.1, 0.15) is 29.9 Å². The molecule has 1 atom stereocenters. The van der Waals surface area contributed by atoms with E-state index in [9.17, 15) is 14.0 Å². The SMILES string of the molecule is C#CCOc1ccc(CCNC(=O)C2=NN(c3ccc(F)cc3)C(C(N)=O)C2)cc1. The third-order valence-electron chi connectivity index (χ3n) is 4.54. The Morgan fingerprint density at radius 3 is 2.57 bits per heavy atom. The van der Waals surface area contributed by atoms with Crippen LogP contribution in [0, 0.1) is 18.2 Å². The van der Waals surface area contributed by atoms with Gasteiger partial charge >= 0.3 is 0 Å². The minimum atomic E-state index is -0.799. The monoisotopic (exact) mass is 408 g/mol. The molecular weight excluding hydrogens is 387 g/mol. The maximum Gasteiger partial charge on any atom is 0.267 e. The molecule has 1 aliphatic rings. The zero-order valence-electron chi connectivity index (χ0n) is 16.2. The summed E-state index contributed by atoms with van der Waals surface area (Å²) < 4.78 is 18.5. The maximum absolute atomic E-state index is 13.2. The molecule has 2 amide bonds. The first-order valence-corrected chi connectivity index (χ1v) is 9.33. The number of hydrazone groups is 1. The summed E-state index contributed by atoms with van der Waals surface area (Å²) in [5, 5.41) is 8.39. The number of nitrogens with one attached hydrogen (secondary N) is 1. The van der Waals surface area contributed by atoms with Crippen LogP contribution in [0.3, 0.4) is 0 Å². The number of nitrogens with two attached hydrogens (primary N) is 1. The molecule has 0 saturated carbocycles. The van der Waals surface area contributed by atoms with E-state index in [-0.39, 0.29) is 24.6 Å². The van der Waals surface area contributed by atoms with Crippen molar-refractivity contribution in [2.45, 2.75) is 18.9 Å². The first kappa shape index (κ1) is 20.9. The summed E-state index contributed by atoms with van der Waals surface area (Å²) in [5.74, 6) is 1.68. The lowest BCUT2D eigenvalue weighted by atomic mass is 10.1. The van der Waals surface area contributed by atoms with Gasteiger partial charge in [-0.25, -0.2) is 4.39 Å². The summed E-state index contributed by atoms with van der Waals surface area (Å²) in [6, 6.07) is 12.1. The number of halogens is 1. The Morgan fingerprint density at radius 1 is 1.23 bits per heavy atom. The molecule has 2 aromatic rings. The number of hydrogen-bond acceptors (Lipinski definition) is 5.